The third-order valence-electron chi connectivity index (χ3n) is 3.13. The molecule has 0 aliphatic heterocycles. The van der Waals surface area contributed by atoms with Crippen molar-refractivity contribution in [1.29, 1.82) is 0 Å². The highest BCUT2D eigenvalue weighted by molar-refractivity contribution is 5.27. The van der Waals surface area contributed by atoms with Crippen molar-refractivity contribution in [1.82, 2.24) is 0 Å². The molecular formula is C16H27NO2. The molecule has 108 valence electrons. The first-order valence-corrected chi connectivity index (χ1v) is 7.08. The molecule has 0 saturated carbocycles. The summed E-state index contributed by atoms with van der Waals surface area (Å²) in [6.45, 7) is 6.01. The van der Waals surface area contributed by atoms with Gasteiger partial charge in [0.2, 0.25) is 0 Å². The minimum Gasteiger partial charge on any atom is -0.497 e. The molecule has 0 heterocycles. The molecule has 1 rings (SSSR count). The number of methoxy groups -OCH3 is 1. The average Bonchev–Trinajstić information content (AvgIpc) is 2.39. The van der Waals surface area contributed by atoms with Crippen LogP contribution in [-0.4, -0.2) is 26.4 Å². The zero-order valence-electron chi connectivity index (χ0n) is 12.4. The van der Waals surface area contributed by atoms with Crippen molar-refractivity contribution in [2.75, 3.05) is 20.3 Å². The maximum absolute atomic E-state index is 6.11. The molecule has 1 aromatic rings. The van der Waals surface area contributed by atoms with E-state index in [-0.39, 0.29) is 6.04 Å². The summed E-state index contributed by atoms with van der Waals surface area (Å²) in [4.78, 5) is 0. The predicted octanol–water partition coefficient (Wildman–Crippen LogP) is 3.02. The minimum absolute atomic E-state index is 0.160. The summed E-state index contributed by atoms with van der Waals surface area (Å²) in [6.07, 6.45) is 2.91. The van der Waals surface area contributed by atoms with Crippen LogP contribution >= 0.6 is 0 Å². The minimum atomic E-state index is 0.160. The molecule has 19 heavy (non-hydrogen) atoms. The second-order valence-corrected chi connectivity index (χ2v) is 5.40. The molecule has 0 aliphatic rings. The largest absolute Gasteiger partial charge is 0.497 e. The number of ether oxygens (including phenoxy) is 2. The third-order valence-corrected chi connectivity index (χ3v) is 3.13. The van der Waals surface area contributed by atoms with Gasteiger partial charge in [0.15, 0.2) is 0 Å². The first-order valence-electron chi connectivity index (χ1n) is 7.08. The lowest BCUT2D eigenvalue weighted by Crippen LogP contribution is -2.24. The quantitative estimate of drug-likeness (QED) is 0.698. The van der Waals surface area contributed by atoms with Crippen LogP contribution < -0.4 is 10.5 Å². The lowest BCUT2D eigenvalue weighted by Gasteiger charge is -2.13. The van der Waals surface area contributed by atoms with Gasteiger partial charge in [0.1, 0.15) is 5.75 Å². The number of rotatable bonds is 9. The molecule has 3 heteroatoms. The van der Waals surface area contributed by atoms with E-state index in [1.807, 2.05) is 12.1 Å². The van der Waals surface area contributed by atoms with E-state index < -0.39 is 0 Å². The van der Waals surface area contributed by atoms with E-state index in [0.29, 0.717) is 5.92 Å². The van der Waals surface area contributed by atoms with Gasteiger partial charge in [-0.25, -0.2) is 0 Å². The Labute approximate surface area is 117 Å². The molecule has 0 amide bonds. The summed E-state index contributed by atoms with van der Waals surface area (Å²) in [7, 11) is 1.68. The lowest BCUT2D eigenvalue weighted by atomic mass is 10.0. The molecule has 0 fully saturated rings. The van der Waals surface area contributed by atoms with Gasteiger partial charge in [-0.1, -0.05) is 26.0 Å². The summed E-state index contributed by atoms with van der Waals surface area (Å²) in [6, 6.07) is 8.24. The van der Waals surface area contributed by atoms with Gasteiger partial charge in [-0.15, -0.1) is 0 Å². The van der Waals surface area contributed by atoms with E-state index in [1.165, 1.54) is 5.56 Å². The maximum atomic E-state index is 6.11. The van der Waals surface area contributed by atoms with Crippen LogP contribution in [0.25, 0.3) is 0 Å². The Bertz CT molecular complexity index is 335. The number of hydrogen-bond acceptors (Lipinski definition) is 3. The zero-order chi connectivity index (χ0) is 14.1. The van der Waals surface area contributed by atoms with E-state index in [9.17, 15) is 0 Å². The third kappa shape index (κ3) is 7.19. The fraction of sp³-hybridized carbons (Fsp3) is 0.625. The van der Waals surface area contributed by atoms with Gasteiger partial charge >= 0.3 is 0 Å². The van der Waals surface area contributed by atoms with Crippen LogP contribution in [0.15, 0.2) is 24.3 Å². The van der Waals surface area contributed by atoms with Gasteiger partial charge in [-0.05, 0) is 42.9 Å². The Kier molecular flexibility index (Phi) is 7.53. The standard InChI is InChI=1S/C16H27NO2/c1-13(2)8-10-19-11-9-15(17)12-14-4-6-16(18-3)7-5-14/h4-7,13,15H,8-12,17H2,1-3H3. The molecule has 0 saturated heterocycles. The summed E-state index contributed by atoms with van der Waals surface area (Å²) in [5.41, 5.74) is 7.35. The molecule has 0 bridgehead atoms. The monoisotopic (exact) mass is 265 g/mol. The molecule has 1 atom stereocenters. The zero-order valence-corrected chi connectivity index (χ0v) is 12.4. The molecule has 0 radical (unpaired) electrons. The molecule has 0 spiro atoms. The second-order valence-electron chi connectivity index (χ2n) is 5.40. The van der Waals surface area contributed by atoms with Crippen LogP contribution in [0, 0.1) is 5.92 Å². The summed E-state index contributed by atoms with van der Waals surface area (Å²) in [5.74, 6) is 1.59. The van der Waals surface area contributed by atoms with E-state index in [4.69, 9.17) is 15.2 Å². The molecular weight excluding hydrogens is 238 g/mol. The first kappa shape index (κ1) is 16.0. The maximum Gasteiger partial charge on any atom is 0.118 e. The smallest absolute Gasteiger partial charge is 0.118 e. The first-order chi connectivity index (χ1) is 9.11. The summed E-state index contributed by atoms with van der Waals surface area (Å²) in [5, 5.41) is 0. The topological polar surface area (TPSA) is 44.5 Å². The summed E-state index contributed by atoms with van der Waals surface area (Å²) >= 11 is 0. The average molecular weight is 265 g/mol. The van der Waals surface area contributed by atoms with Crippen LogP contribution in [0.2, 0.25) is 0 Å². The van der Waals surface area contributed by atoms with E-state index in [2.05, 4.69) is 26.0 Å². The van der Waals surface area contributed by atoms with Crippen molar-refractivity contribution in [2.45, 2.75) is 39.2 Å². The second kappa shape index (κ2) is 8.94. The highest BCUT2D eigenvalue weighted by atomic mass is 16.5. The Morgan fingerprint density at radius 2 is 1.68 bits per heavy atom. The van der Waals surface area contributed by atoms with Crippen molar-refractivity contribution < 1.29 is 9.47 Å². The van der Waals surface area contributed by atoms with Crippen LogP contribution in [-0.2, 0) is 11.2 Å². The van der Waals surface area contributed by atoms with Crippen molar-refractivity contribution >= 4 is 0 Å². The van der Waals surface area contributed by atoms with Crippen molar-refractivity contribution in [3.05, 3.63) is 29.8 Å². The van der Waals surface area contributed by atoms with Crippen LogP contribution in [0.5, 0.6) is 5.75 Å². The molecule has 0 aromatic heterocycles. The van der Waals surface area contributed by atoms with Crippen LogP contribution in [0.4, 0.5) is 0 Å². The molecule has 0 aliphatic carbocycles. The number of hydrogen-bond donors (Lipinski definition) is 1. The van der Waals surface area contributed by atoms with Gasteiger partial charge in [-0.3, -0.25) is 0 Å². The number of nitrogens with two attached hydrogens (primary N) is 1. The van der Waals surface area contributed by atoms with Crippen molar-refractivity contribution in [3.8, 4) is 5.75 Å². The van der Waals surface area contributed by atoms with Crippen molar-refractivity contribution in [2.24, 2.45) is 11.7 Å². The fourth-order valence-electron chi connectivity index (χ4n) is 1.82. The summed E-state index contributed by atoms with van der Waals surface area (Å²) < 4.78 is 10.7. The lowest BCUT2D eigenvalue weighted by molar-refractivity contribution is 0.117. The highest BCUT2D eigenvalue weighted by Crippen LogP contribution is 2.13. The van der Waals surface area contributed by atoms with Gasteiger partial charge < -0.3 is 15.2 Å². The molecule has 1 unspecified atom stereocenters. The SMILES string of the molecule is COc1ccc(CC(N)CCOCCC(C)C)cc1. The van der Waals surface area contributed by atoms with Gasteiger partial charge in [-0.2, -0.15) is 0 Å². The Hall–Kier alpha value is -1.06. The van der Waals surface area contributed by atoms with Gasteiger partial charge in [0, 0.05) is 19.3 Å². The highest BCUT2D eigenvalue weighted by Gasteiger charge is 2.04. The van der Waals surface area contributed by atoms with Gasteiger partial charge in [0.25, 0.3) is 0 Å². The van der Waals surface area contributed by atoms with Crippen molar-refractivity contribution in [3.63, 3.8) is 0 Å². The van der Waals surface area contributed by atoms with E-state index in [1.54, 1.807) is 7.11 Å². The number of benzene rings is 1. The Balaban J connectivity index is 2.17. The molecule has 1 aromatic carbocycles. The fourth-order valence-corrected chi connectivity index (χ4v) is 1.82. The normalized spacial score (nSPS) is 12.7. The molecule has 3 nitrogen and oxygen atoms in total. The van der Waals surface area contributed by atoms with E-state index in [0.717, 1.165) is 38.2 Å². The predicted molar refractivity (Wildman–Crippen MR) is 79.6 cm³/mol. The Morgan fingerprint density at radius 3 is 2.26 bits per heavy atom. The van der Waals surface area contributed by atoms with E-state index >= 15 is 0 Å². The molecule has 2 N–H and O–H groups in total. The van der Waals surface area contributed by atoms with Crippen LogP contribution in [0.1, 0.15) is 32.3 Å². The van der Waals surface area contributed by atoms with Crippen LogP contribution in [0.3, 0.4) is 0 Å². The van der Waals surface area contributed by atoms with Gasteiger partial charge in [0.05, 0.1) is 7.11 Å². The Morgan fingerprint density at radius 1 is 1.05 bits per heavy atom.